The zero-order valence-corrected chi connectivity index (χ0v) is 13.2. The highest BCUT2D eigenvalue weighted by Crippen LogP contribution is 2.37. The first kappa shape index (κ1) is 14.3. The van der Waals surface area contributed by atoms with Gasteiger partial charge in [-0.1, -0.05) is 18.3 Å². The Hall–Kier alpha value is -0.650. The van der Waals surface area contributed by atoms with Gasteiger partial charge in [-0.3, -0.25) is 0 Å². The lowest BCUT2D eigenvalue weighted by Gasteiger charge is -2.22. The number of ether oxygens (including phenoxy) is 1. The number of aryl methyl sites for hydroxylation is 1. The van der Waals surface area contributed by atoms with Gasteiger partial charge in [0.25, 0.3) is 0 Å². The Bertz CT molecular complexity index is 427. The molecule has 0 amide bonds. The number of aromatic nitrogens is 1. The van der Waals surface area contributed by atoms with E-state index in [-0.39, 0.29) is 0 Å². The van der Waals surface area contributed by atoms with Gasteiger partial charge in [0, 0.05) is 30.6 Å². The molecule has 1 unspecified atom stereocenters. The summed E-state index contributed by atoms with van der Waals surface area (Å²) in [6.07, 6.45) is 5.99. The molecular weight excluding hydrogens is 270 g/mol. The average Bonchev–Trinajstić information content (AvgIpc) is 2.72. The Morgan fingerprint density at radius 1 is 1.35 bits per heavy atom. The van der Waals surface area contributed by atoms with Gasteiger partial charge in [0.2, 0.25) is 0 Å². The van der Waals surface area contributed by atoms with Gasteiger partial charge < -0.3 is 15.0 Å². The van der Waals surface area contributed by atoms with Crippen LogP contribution in [-0.4, -0.2) is 37.8 Å². The Morgan fingerprint density at radius 3 is 3.20 bits per heavy atom. The molecule has 1 aliphatic carbocycles. The van der Waals surface area contributed by atoms with Crippen molar-refractivity contribution in [3.63, 3.8) is 0 Å². The van der Waals surface area contributed by atoms with Crippen molar-refractivity contribution in [1.82, 2.24) is 10.3 Å². The molecule has 1 atom stereocenters. The summed E-state index contributed by atoms with van der Waals surface area (Å²) in [6.45, 7) is 7.13. The van der Waals surface area contributed by atoms with Crippen molar-refractivity contribution in [1.29, 1.82) is 0 Å². The molecule has 1 aromatic heterocycles. The molecule has 0 saturated carbocycles. The Labute approximate surface area is 125 Å². The summed E-state index contributed by atoms with van der Waals surface area (Å²) >= 11 is 1.91. The number of nitrogens with zero attached hydrogens (tertiary/aromatic N) is 2. The third-order valence-electron chi connectivity index (χ3n) is 4.07. The summed E-state index contributed by atoms with van der Waals surface area (Å²) in [5, 5.41) is 4.90. The SMILES string of the molecule is CCCNC1CCCc2nc(N3CCCOCC3)sc21. The van der Waals surface area contributed by atoms with Crippen molar-refractivity contribution >= 4 is 16.5 Å². The first-order chi connectivity index (χ1) is 9.88. The molecule has 20 heavy (non-hydrogen) atoms. The number of nitrogens with one attached hydrogen (secondary N) is 1. The molecule has 5 heteroatoms. The van der Waals surface area contributed by atoms with E-state index in [4.69, 9.17) is 9.72 Å². The predicted molar refractivity (Wildman–Crippen MR) is 83.7 cm³/mol. The van der Waals surface area contributed by atoms with Crippen molar-refractivity contribution in [2.45, 2.75) is 45.1 Å². The third kappa shape index (κ3) is 3.15. The lowest BCUT2D eigenvalue weighted by atomic mass is 9.98. The standard InChI is InChI=1S/C15H25N3OS/c1-2-7-16-12-5-3-6-13-14(12)20-15(17-13)18-8-4-10-19-11-9-18/h12,16H,2-11H2,1H3. The summed E-state index contributed by atoms with van der Waals surface area (Å²) in [6, 6.07) is 0.535. The average molecular weight is 295 g/mol. The van der Waals surface area contributed by atoms with E-state index in [1.54, 1.807) is 0 Å². The summed E-state index contributed by atoms with van der Waals surface area (Å²) in [4.78, 5) is 8.82. The topological polar surface area (TPSA) is 37.4 Å². The minimum Gasteiger partial charge on any atom is -0.380 e. The van der Waals surface area contributed by atoms with E-state index >= 15 is 0 Å². The molecule has 2 heterocycles. The molecule has 0 spiro atoms. The van der Waals surface area contributed by atoms with Crippen LogP contribution < -0.4 is 10.2 Å². The van der Waals surface area contributed by atoms with Crippen LogP contribution >= 0.6 is 11.3 Å². The van der Waals surface area contributed by atoms with Gasteiger partial charge >= 0.3 is 0 Å². The smallest absolute Gasteiger partial charge is 0.185 e. The van der Waals surface area contributed by atoms with Crippen LogP contribution in [0.15, 0.2) is 0 Å². The van der Waals surface area contributed by atoms with Crippen molar-refractivity contribution in [3.8, 4) is 0 Å². The van der Waals surface area contributed by atoms with E-state index in [9.17, 15) is 0 Å². The quantitative estimate of drug-likeness (QED) is 0.927. The van der Waals surface area contributed by atoms with E-state index in [1.807, 2.05) is 11.3 Å². The summed E-state index contributed by atoms with van der Waals surface area (Å²) in [5.74, 6) is 0. The molecule has 0 bridgehead atoms. The second-order valence-electron chi connectivity index (χ2n) is 5.66. The number of hydrogen-bond donors (Lipinski definition) is 1. The fourth-order valence-electron chi connectivity index (χ4n) is 2.99. The maximum Gasteiger partial charge on any atom is 0.185 e. The molecule has 0 radical (unpaired) electrons. The first-order valence-electron chi connectivity index (χ1n) is 7.94. The number of anilines is 1. The fourth-order valence-corrected chi connectivity index (χ4v) is 4.27. The number of hydrogen-bond acceptors (Lipinski definition) is 5. The van der Waals surface area contributed by atoms with Gasteiger partial charge in [0.15, 0.2) is 5.13 Å². The normalized spacial score (nSPS) is 23.4. The largest absolute Gasteiger partial charge is 0.380 e. The maximum atomic E-state index is 5.55. The van der Waals surface area contributed by atoms with Crippen LogP contribution in [0.4, 0.5) is 5.13 Å². The Morgan fingerprint density at radius 2 is 2.30 bits per heavy atom. The number of thiazole rings is 1. The van der Waals surface area contributed by atoms with Crippen LogP contribution in [-0.2, 0) is 11.2 Å². The van der Waals surface area contributed by atoms with E-state index < -0.39 is 0 Å². The van der Waals surface area contributed by atoms with Gasteiger partial charge in [-0.05, 0) is 38.6 Å². The van der Waals surface area contributed by atoms with E-state index in [0.29, 0.717) is 6.04 Å². The Balaban J connectivity index is 1.75. The number of fused-ring (bicyclic) bond motifs is 1. The Kier molecular flexibility index (Phi) is 4.91. The molecule has 1 aliphatic heterocycles. The minimum absolute atomic E-state index is 0.535. The second-order valence-corrected chi connectivity index (χ2v) is 6.67. The lowest BCUT2D eigenvalue weighted by molar-refractivity contribution is 0.152. The van der Waals surface area contributed by atoms with Gasteiger partial charge in [-0.2, -0.15) is 0 Å². The molecule has 3 rings (SSSR count). The van der Waals surface area contributed by atoms with Crippen LogP contribution in [0.5, 0.6) is 0 Å². The van der Waals surface area contributed by atoms with Gasteiger partial charge in [-0.15, -0.1) is 0 Å². The van der Waals surface area contributed by atoms with Crippen molar-refractivity contribution in [3.05, 3.63) is 10.6 Å². The fraction of sp³-hybridized carbons (Fsp3) is 0.800. The molecule has 0 aromatic carbocycles. The van der Waals surface area contributed by atoms with Gasteiger partial charge in [-0.25, -0.2) is 4.98 Å². The molecular formula is C15H25N3OS. The highest BCUT2D eigenvalue weighted by molar-refractivity contribution is 7.15. The molecule has 2 aliphatic rings. The molecule has 1 aromatic rings. The highest BCUT2D eigenvalue weighted by Gasteiger charge is 2.25. The van der Waals surface area contributed by atoms with Gasteiger partial charge in [0.1, 0.15) is 0 Å². The molecule has 112 valence electrons. The van der Waals surface area contributed by atoms with E-state index in [0.717, 1.165) is 45.7 Å². The number of rotatable bonds is 4. The zero-order valence-electron chi connectivity index (χ0n) is 12.4. The molecule has 1 saturated heterocycles. The van der Waals surface area contributed by atoms with Crippen LogP contribution in [0, 0.1) is 0 Å². The van der Waals surface area contributed by atoms with Crippen LogP contribution in [0.2, 0.25) is 0 Å². The third-order valence-corrected chi connectivity index (χ3v) is 5.34. The zero-order chi connectivity index (χ0) is 13.8. The summed E-state index contributed by atoms with van der Waals surface area (Å²) < 4.78 is 5.55. The highest BCUT2D eigenvalue weighted by atomic mass is 32.1. The van der Waals surface area contributed by atoms with E-state index in [2.05, 4.69) is 17.1 Å². The van der Waals surface area contributed by atoms with Crippen LogP contribution in [0.25, 0.3) is 0 Å². The van der Waals surface area contributed by atoms with Gasteiger partial charge in [0.05, 0.1) is 12.3 Å². The van der Waals surface area contributed by atoms with Crippen molar-refractivity contribution in [2.75, 3.05) is 37.7 Å². The first-order valence-corrected chi connectivity index (χ1v) is 8.76. The second kappa shape index (κ2) is 6.87. The van der Waals surface area contributed by atoms with Crippen molar-refractivity contribution < 1.29 is 4.74 Å². The van der Waals surface area contributed by atoms with Crippen LogP contribution in [0.3, 0.4) is 0 Å². The predicted octanol–water partition coefficient (Wildman–Crippen LogP) is 2.75. The van der Waals surface area contributed by atoms with Crippen molar-refractivity contribution in [2.24, 2.45) is 0 Å². The molecule has 1 N–H and O–H groups in total. The minimum atomic E-state index is 0.535. The van der Waals surface area contributed by atoms with E-state index in [1.165, 1.54) is 35.0 Å². The maximum absolute atomic E-state index is 5.55. The van der Waals surface area contributed by atoms with Crippen LogP contribution in [0.1, 0.15) is 49.2 Å². The lowest BCUT2D eigenvalue weighted by Crippen LogP contribution is -2.25. The molecule has 1 fully saturated rings. The summed E-state index contributed by atoms with van der Waals surface area (Å²) in [5.41, 5.74) is 1.34. The monoisotopic (exact) mass is 295 g/mol. The summed E-state index contributed by atoms with van der Waals surface area (Å²) in [7, 11) is 0. The molecule has 4 nitrogen and oxygen atoms in total.